The number of H-pyrrole nitrogens is 1. The monoisotopic (exact) mass is 309 g/mol. The van der Waals surface area contributed by atoms with Gasteiger partial charge < -0.3 is 9.88 Å². The highest BCUT2D eigenvalue weighted by Crippen LogP contribution is 2.29. The lowest BCUT2D eigenvalue weighted by Crippen LogP contribution is -2.34. The summed E-state index contributed by atoms with van der Waals surface area (Å²) in [6, 6.07) is 11.3. The number of benzene rings is 2. The molecular formula is C17H12FN3O2. The van der Waals surface area contributed by atoms with E-state index in [0.29, 0.717) is 29.7 Å². The second-order valence-corrected chi connectivity index (χ2v) is 5.41. The van der Waals surface area contributed by atoms with Gasteiger partial charge in [-0.05, 0) is 42.3 Å². The molecule has 4 rings (SSSR count). The van der Waals surface area contributed by atoms with Crippen molar-refractivity contribution < 1.29 is 9.18 Å². The van der Waals surface area contributed by atoms with Gasteiger partial charge in [-0.15, -0.1) is 0 Å². The highest BCUT2D eigenvalue weighted by molar-refractivity contribution is 6.06. The van der Waals surface area contributed by atoms with Crippen LogP contribution in [0.3, 0.4) is 0 Å². The van der Waals surface area contributed by atoms with E-state index >= 15 is 0 Å². The van der Waals surface area contributed by atoms with Crippen molar-refractivity contribution in [2.45, 2.75) is 6.42 Å². The summed E-state index contributed by atoms with van der Waals surface area (Å²) in [4.78, 5) is 33.2. The second kappa shape index (κ2) is 5.01. The molecule has 0 aliphatic carbocycles. The Morgan fingerprint density at radius 1 is 1.22 bits per heavy atom. The van der Waals surface area contributed by atoms with Crippen LogP contribution in [0.4, 0.5) is 10.1 Å². The molecule has 6 heteroatoms. The van der Waals surface area contributed by atoms with Gasteiger partial charge >= 0.3 is 0 Å². The fourth-order valence-electron chi connectivity index (χ4n) is 2.88. The number of para-hydroxylation sites is 2. The molecule has 23 heavy (non-hydrogen) atoms. The molecule has 5 nitrogen and oxygen atoms in total. The van der Waals surface area contributed by atoms with Crippen LogP contribution >= 0.6 is 0 Å². The lowest BCUT2D eigenvalue weighted by atomic mass is 10.1. The van der Waals surface area contributed by atoms with Crippen LogP contribution in [0.15, 0.2) is 47.3 Å². The van der Waals surface area contributed by atoms with Crippen LogP contribution in [0.1, 0.15) is 16.1 Å². The summed E-state index contributed by atoms with van der Waals surface area (Å²) in [5.74, 6) is -0.804. The maximum atomic E-state index is 13.3. The zero-order valence-electron chi connectivity index (χ0n) is 12.0. The van der Waals surface area contributed by atoms with Gasteiger partial charge in [-0.2, -0.15) is 0 Å². The lowest BCUT2D eigenvalue weighted by molar-refractivity contribution is 0.0983. The number of nitrogens with zero attached hydrogens (tertiary/aromatic N) is 2. The number of carbonyl (C=O) groups excluding carboxylic acids is 1. The molecule has 1 aromatic heterocycles. The average molecular weight is 309 g/mol. The van der Waals surface area contributed by atoms with Crippen LogP contribution in [0, 0.1) is 5.82 Å². The van der Waals surface area contributed by atoms with E-state index in [1.165, 1.54) is 17.0 Å². The van der Waals surface area contributed by atoms with Gasteiger partial charge in [-0.3, -0.25) is 9.59 Å². The van der Waals surface area contributed by atoms with E-state index in [9.17, 15) is 14.0 Å². The molecule has 1 N–H and O–H groups in total. The molecule has 2 heterocycles. The molecule has 3 aromatic rings. The molecule has 0 unspecified atom stereocenters. The fraction of sp³-hybridized carbons (Fsp3) is 0.118. The number of halogens is 1. The first-order valence-corrected chi connectivity index (χ1v) is 7.23. The summed E-state index contributed by atoms with van der Waals surface area (Å²) in [5, 5.41) is 0. The lowest BCUT2D eigenvalue weighted by Gasteiger charge is -2.16. The third kappa shape index (κ3) is 2.19. The minimum Gasteiger partial charge on any atom is -0.319 e. The van der Waals surface area contributed by atoms with E-state index in [0.717, 1.165) is 5.56 Å². The summed E-state index contributed by atoms with van der Waals surface area (Å²) in [5.41, 5.74) is 1.85. The molecule has 0 saturated carbocycles. The molecule has 0 spiro atoms. The Morgan fingerprint density at radius 2 is 2.04 bits per heavy atom. The Kier molecular flexibility index (Phi) is 2.97. The minimum absolute atomic E-state index is 0.152. The maximum absolute atomic E-state index is 13.3. The normalized spacial score (nSPS) is 13.3. The van der Waals surface area contributed by atoms with Crippen LogP contribution in [-0.2, 0) is 6.42 Å². The van der Waals surface area contributed by atoms with E-state index < -0.39 is 11.5 Å². The van der Waals surface area contributed by atoms with E-state index in [1.54, 1.807) is 30.3 Å². The summed E-state index contributed by atoms with van der Waals surface area (Å²) in [6.45, 7) is 0.408. The molecule has 1 aliphatic heterocycles. The number of rotatable bonds is 1. The van der Waals surface area contributed by atoms with Crippen LogP contribution in [0.2, 0.25) is 0 Å². The minimum atomic E-state index is -0.524. The molecule has 0 radical (unpaired) electrons. The van der Waals surface area contributed by atoms with Gasteiger partial charge in [0.15, 0.2) is 5.69 Å². The Morgan fingerprint density at radius 3 is 2.91 bits per heavy atom. The zero-order valence-corrected chi connectivity index (χ0v) is 12.0. The predicted octanol–water partition coefficient (Wildman–Crippen LogP) is 2.27. The number of nitrogens with one attached hydrogen (secondary N) is 1. The SMILES string of the molecule is O=C(c1nc2ccccc2[nH]c1=O)N1CCc2cc(F)ccc21. The number of fused-ring (bicyclic) bond motifs is 2. The van der Waals surface area contributed by atoms with Crippen LogP contribution in [0.25, 0.3) is 11.0 Å². The van der Waals surface area contributed by atoms with Crippen molar-refractivity contribution >= 4 is 22.6 Å². The standard InChI is InChI=1S/C17H12FN3O2/c18-11-5-6-14-10(9-11)7-8-21(14)17(23)15-16(22)20-13-4-2-1-3-12(13)19-15/h1-6,9H,7-8H2,(H,20,22). The van der Waals surface area contributed by atoms with E-state index in [1.807, 2.05) is 0 Å². The molecule has 1 amide bonds. The van der Waals surface area contributed by atoms with E-state index in [4.69, 9.17) is 0 Å². The van der Waals surface area contributed by atoms with Gasteiger partial charge in [0.25, 0.3) is 11.5 Å². The predicted molar refractivity (Wildman–Crippen MR) is 84.1 cm³/mol. The van der Waals surface area contributed by atoms with Gasteiger partial charge in [0.2, 0.25) is 0 Å². The molecule has 2 aromatic carbocycles. The molecule has 1 aliphatic rings. The topological polar surface area (TPSA) is 66.1 Å². The molecule has 0 bridgehead atoms. The van der Waals surface area contributed by atoms with Gasteiger partial charge in [0.1, 0.15) is 5.82 Å². The smallest absolute Gasteiger partial charge is 0.282 e. The van der Waals surface area contributed by atoms with Crippen molar-refractivity contribution in [1.82, 2.24) is 9.97 Å². The van der Waals surface area contributed by atoms with Crippen molar-refractivity contribution in [2.75, 3.05) is 11.4 Å². The number of carbonyl (C=O) groups is 1. The van der Waals surface area contributed by atoms with Crippen molar-refractivity contribution in [1.29, 1.82) is 0 Å². The number of hydrogen-bond acceptors (Lipinski definition) is 3. The summed E-state index contributed by atoms with van der Waals surface area (Å²) < 4.78 is 13.3. The van der Waals surface area contributed by atoms with Crippen LogP contribution < -0.4 is 10.5 Å². The maximum Gasteiger partial charge on any atom is 0.282 e. The second-order valence-electron chi connectivity index (χ2n) is 5.41. The van der Waals surface area contributed by atoms with Gasteiger partial charge in [0, 0.05) is 12.2 Å². The molecule has 114 valence electrons. The summed E-state index contributed by atoms with van der Waals surface area (Å²) >= 11 is 0. The Labute approximate surface area is 130 Å². The summed E-state index contributed by atoms with van der Waals surface area (Å²) in [6.07, 6.45) is 0.560. The number of amides is 1. The Hall–Kier alpha value is -3.02. The number of aromatic nitrogens is 2. The van der Waals surface area contributed by atoms with Crippen molar-refractivity contribution in [3.05, 3.63) is 69.9 Å². The van der Waals surface area contributed by atoms with Gasteiger partial charge in [-0.1, -0.05) is 12.1 Å². The van der Waals surface area contributed by atoms with E-state index in [-0.39, 0.29) is 11.5 Å². The van der Waals surface area contributed by atoms with Crippen molar-refractivity contribution in [2.24, 2.45) is 0 Å². The quantitative estimate of drug-likeness (QED) is 0.750. The van der Waals surface area contributed by atoms with Crippen molar-refractivity contribution in [3.63, 3.8) is 0 Å². The number of anilines is 1. The molecule has 0 fully saturated rings. The zero-order chi connectivity index (χ0) is 16.0. The molecule has 0 saturated heterocycles. The Balaban J connectivity index is 1.79. The van der Waals surface area contributed by atoms with Crippen LogP contribution in [0.5, 0.6) is 0 Å². The number of hydrogen-bond donors (Lipinski definition) is 1. The number of aromatic amines is 1. The van der Waals surface area contributed by atoms with E-state index in [2.05, 4.69) is 9.97 Å². The average Bonchev–Trinajstić information content (AvgIpc) is 2.96. The van der Waals surface area contributed by atoms with Crippen molar-refractivity contribution in [3.8, 4) is 0 Å². The third-order valence-corrected chi connectivity index (χ3v) is 3.98. The summed E-state index contributed by atoms with van der Waals surface area (Å²) in [7, 11) is 0. The Bertz CT molecular complexity index is 997. The fourth-order valence-corrected chi connectivity index (χ4v) is 2.88. The highest BCUT2D eigenvalue weighted by Gasteiger charge is 2.28. The van der Waals surface area contributed by atoms with Crippen LogP contribution in [-0.4, -0.2) is 22.4 Å². The van der Waals surface area contributed by atoms with Gasteiger partial charge in [0.05, 0.1) is 11.0 Å². The first-order valence-electron chi connectivity index (χ1n) is 7.23. The third-order valence-electron chi connectivity index (χ3n) is 3.98. The highest BCUT2D eigenvalue weighted by atomic mass is 19.1. The van der Waals surface area contributed by atoms with Gasteiger partial charge in [-0.25, -0.2) is 9.37 Å². The molecular weight excluding hydrogens is 297 g/mol. The molecule has 0 atom stereocenters. The first kappa shape index (κ1) is 13.6. The largest absolute Gasteiger partial charge is 0.319 e. The first-order chi connectivity index (χ1) is 11.1.